The molecule has 214 valence electrons. The van der Waals surface area contributed by atoms with Crippen LogP contribution in [0.25, 0.3) is 0 Å². The molecule has 0 bridgehead atoms. The van der Waals surface area contributed by atoms with Crippen LogP contribution >= 0.6 is 0 Å². The smallest absolute Gasteiger partial charge is 0.306 e. The molecule has 2 heteroatoms. The average Bonchev–Trinajstić information content (AvgIpc) is 2.83. The molecule has 0 aliphatic carbocycles. The Labute approximate surface area is 231 Å². The Morgan fingerprint density at radius 1 is 0.622 bits per heavy atom. The fraction of sp³-hybridized carbons (Fsp3) is 0.800. The van der Waals surface area contributed by atoms with Gasteiger partial charge in [0, 0.05) is 6.42 Å². The molecule has 37 heavy (non-hydrogen) atoms. The third-order valence-corrected chi connectivity index (χ3v) is 7.63. The van der Waals surface area contributed by atoms with Gasteiger partial charge < -0.3 is 4.74 Å². The molecule has 0 aliphatic rings. The van der Waals surface area contributed by atoms with Crippen molar-refractivity contribution in [2.75, 3.05) is 6.61 Å². The highest BCUT2D eigenvalue weighted by Crippen LogP contribution is 2.34. The van der Waals surface area contributed by atoms with Gasteiger partial charge in [0.05, 0.1) is 6.61 Å². The molecule has 0 fully saturated rings. The Morgan fingerprint density at radius 2 is 1.00 bits per heavy atom. The van der Waals surface area contributed by atoms with E-state index < -0.39 is 0 Å². The molecule has 0 amide bonds. The summed E-state index contributed by atoms with van der Waals surface area (Å²) in [6.07, 6.45) is 22.9. The lowest BCUT2D eigenvalue weighted by molar-refractivity contribution is -0.143. The summed E-state index contributed by atoms with van der Waals surface area (Å²) in [5.41, 5.74) is 4.17. The van der Waals surface area contributed by atoms with E-state index in [0.717, 1.165) is 12.8 Å². The predicted octanol–water partition coefficient (Wildman–Crippen LogP) is 11.0. The summed E-state index contributed by atoms with van der Waals surface area (Å²) in [5, 5.41) is 0. The second-order valence-electron chi connectivity index (χ2n) is 13.4. The van der Waals surface area contributed by atoms with Crippen molar-refractivity contribution in [3.05, 3.63) is 34.9 Å². The molecule has 0 spiro atoms. The molecule has 0 radical (unpaired) electrons. The van der Waals surface area contributed by atoms with Crippen molar-refractivity contribution in [2.24, 2.45) is 0 Å². The minimum atomic E-state index is -0.0514. The Balaban J connectivity index is 2.11. The van der Waals surface area contributed by atoms with Gasteiger partial charge in [0.25, 0.3) is 0 Å². The summed E-state index contributed by atoms with van der Waals surface area (Å²) < 4.78 is 5.59. The van der Waals surface area contributed by atoms with Gasteiger partial charge in [0.1, 0.15) is 0 Å². The monoisotopic (exact) mass is 514 g/mol. The van der Waals surface area contributed by atoms with Crippen LogP contribution in [-0.2, 0) is 26.8 Å². The van der Waals surface area contributed by atoms with Gasteiger partial charge in [-0.25, -0.2) is 0 Å². The molecule has 2 nitrogen and oxygen atoms in total. The van der Waals surface area contributed by atoms with Crippen molar-refractivity contribution in [3.63, 3.8) is 0 Å². The Bertz CT molecular complexity index is 688. The number of benzene rings is 1. The first-order valence-electron chi connectivity index (χ1n) is 15.9. The molecule has 0 atom stereocenters. The zero-order valence-electron chi connectivity index (χ0n) is 26.0. The SMILES string of the molecule is CCCCCCCCCCCCCCCCCCOC(=O)CCc1c(C(C)(C)C)cccc1C(C)(C)C. The topological polar surface area (TPSA) is 26.3 Å². The van der Waals surface area contributed by atoms with Crippen LogP contribution in [0.4, 0.5) is 0 Å². The number of esters is 1. The van der Waals surface area contributed by atoms with Crippen LogP contribution < -0.4 is 0 Å². The van der Waals surface area contributed by atoms with Crippen molar-refractivity contribution in [2.45, 2.75) is 175 Å². The first kappa shape index (κ1) is 33.7. The summed E-state index contributed by atoms with van der Waals surface area (Å²) in [6.45, 7) is 16.4. The van der Waals surface area contributed by atoms with Gasteiger partial charge in [-0.2, -0.15) is 0 Å². The van der Waals surface area contributed by atoms with Gasteiger partial charge in [-0.3, -0.25) is 4.79 Å². The summed E-state index contributed by atoms with van der Waals surface area (Å²) in [6, 6.07) is 6.62. The van der Waals surface area contributed by atoms with Crippen molar-refractivity contribution >= 4 is 5.97 Å². The molecule has 0 unspecified atom stereocenters. The third-order valence-electron chi connectivity index (χ3n) is 7.63. The average molecular weight is 515 g/mol. The van der Waals surface area contributed by atoms with E-state index in [0.29, 0.717) is 13.0 Å². The van der Waals surface area contributed by atoms with Gasteiger partial charge in [-0.1, -0.05) is 163 Å². The van der Waals surface area contributed by atoms with Crippen molar-refractivity contribution in [1.29, 1.82) is 0 Å². The van der Waals surface area contributed by atoms with E-state index in [1.165, 1.54) is 113 Å². The Morgan fingerprint density at radius 3 is 1.38 bits per heavy atom. The van der Waals surface area contributed by atoms with Gasteiger partial charge in [-0.15, -0.1) is 0 Å². The lowest BCUT2D eigenvalue weighted by atomic mass is 9.75. The van der Waals surface area contributed by atoms with Gasteiger partial charge in [0.15, 0.2) is 0 Å². The maximum Gasteiger partial charge on any atom is 0.306 e. The lowest BCUT2D eigenvalue weighted by Gasteiger charge is -2.30. The van der Waals surface area contributed by atoms with Crippen LogP contribution in [0.15, 0.2) is 18.2 Å². The van der Waals surface area contributed by atoms with Gasteiger partial charge in [0.2, 0.25) is 0 Å². The Hall–Kier alpha value is -1.31. The molecule has 1 aromatic carbocycles. The zero-order valence-corrected chi connectivity index (χ0v) is 26.0. The molecule has 1 aromatic rings. The first-order valence-corrected chi connectivity index (χ1v) is 15.9. The van der Waals surface area contributed by atoms with Crippen LogP contribution in [0, 0.1) is 0 Å². The molecule has 0 saturated carbocycles. The van der Waals surface area contributed by atoms with E-state index in [9.17, 15) is 4.79 Å². The maximum absolute atomic E-state index is 12.5. The Kier molecular flexibility index (Phi) is 17.2. The number of carbonyl (C=O) groups is 1. The number of hydrogen-bond donors (Lipinski definition) is 0. The summed E-state index contributed by atoms with van der Waals surface area (Å²) in [4.78, 5) is 12.5. The highest BCUT2D eigenvalue weighted by Gasteiger charge is 2.25. The van der Waals surface area contributed by atoms with Crippen LogP contribution in [0.2, 0.25) is 0 Å². The minimum Gasteiger partial charge on any atom is -0.466 e. The first-order chi connectivity index (χ1) is 17.6. The number of rotatable bonds is 20. The van der Waals surface area contributed by atoms with E-state index in [4.69, 9.17) is 4.74 Å². The molecule has 0 aliphatic heterocycles. The van der Waals surface area contributed by atoms with Gasteiger partial charge >= 0.3 is 5.97 Å². The van der Waals surface area contributed by atoms with Crippen LogP contribution in [0.3, 0.4) is 0 Å². The molecular weight excluding hydrogens is 452 g/mol. The lowest BCUT2D eigenvalue weighted by Crippen LogP contribution is -2.21. The summed E-state index contributed by atoms with van der Waals surface area (Å²) in [7, 11) is 0. The van der Waals surface area contributed by atoms with Gasteiger partial charge in [-0.05, 0) is 40.4 Å². The van der Waals surface area contributed by atoms with E-state index in [1.54, 1.807) is 0 Å². The third kappa shape index (κ3) is 15.6. The largest absolute Gasteiger partial charge is 0.466 e. The molecule has 1 rings (SSSR count). The molecular formula is C35H62O2. The second kappa shape index (κ2) is 18.9. The van der Waals surface area contributed by atoms with E-state index in [-0.39, 0.29) is 16.8 Å². The number of unbranched alkanes of at least 4 members (excludes halogenated alkanes) is 15. The maximum atomic E-state index is 12.5. The molecule has 0 heterocycles. The summed E-state index contributed by atoms with van der Waals surface area (Å²) in [5.74, 6) is -0.0514. The number of ether oxygens (including phenoxy) is 1. The normalized spacial score (nSPS) is 12.2. The van der Waals surface area contributed by atoms with Crippen LogP contribution in [-0.4, -0.2) is 12.6 Å². The highest BCUT2D eigenvalue weighted by atomic mass is 16.5. The van der Waals surface area contributed by atoms with E-state index >= 15 is 0 Å². The fourth-order valence-electron chi connectivity index (χ4n) is 5.40. The van der Waals surface area contributed by atoms with Crippen molar-refractivity contribution < 1.29 is 9.53 Å². The molecule has 0 aromatic heterocycles. The quantitative estimate of drug-likeness (QED) is 0.128. The zero-order chi connectivity index (χ0) is 27.6. The standard InChI is InChI=1S/C35H62O2/c1-8-9-10-11-12-13-14-15-16-17-18-19-20-21-22-23-29-37-33(36)28-27-30-31(34(2,3)4)25-24-26-32(30)35(5,6)7/h24-26H,8-23,27-29H2,1-7H3. The fourth-order valence-corrected chi connectivity index (χ4v) is 5.40. The second-order valence-corrected chi connectivity index (χ2v) is 13.4. The van der Waals surface area contributed by atoms with E-state index in [1.807, 2.05) is 0 Å². The summed E-state index contributed by atoms with van der Waals surface area (Å²) >= 11 is 0. The van der Waals surface area contributed by atoms with Crippen molar-refractivity contribution in [1.82, 2.24) is 0 Å². The minimum absolute atomic E-state index is 0.0514. The molecule has 0 N–H and O–H groups in total. The number of hydrogen-bond acceptors (Lipinski definition) is 2. The number of carbonyl (C=O) groups excluding carboxylic acids is 1. The molecule has 0 saturated heterocycles. The predicted molar refractivity (Wildman–Crippen MR) is 163 cm³/mol. The van der Waals surface area contributed by atoms with Crippen molar-refractivity contribution in [3.8, 4) is 0 Å². The van der Waals surface area contributed by atoms with E-state index in [2.05, 4.69) is 66.7 Å². The highest BCUT2D eigenvalue weighted by molar-refractivity contribution is 5.70. The van der Waals surface area contributed by atoms with Crippen LogP contribution in [0.5, 0.6) is 0 Å². The van der Waals surface area contributed by atoms with Crippen LogP contribution in [0.1, 0.15) is 174 Å².